The Hall–Kier alpha value is -2.98. The van der Waals surface area contributed by atoms with Crippen LogP contribution in [0, 0.1) is 11.8 Å². The third-order valence-electron chi connectivity index (χ3n) is 8.19. The summed E-state index contributed by atoms with van der Waals surface area (Å²) in [5.74, 6) is -1.17. The summed E-state index contributed by atoms with van der Waals surface area (Å²) in [4.78, 5) is 38.6. The molecule has 1 amide bonds. The largest absolute Gasteiger partial charge is 0.493 e. The number of carboxylic acids is 1. The Kier molecular flexibility index (Phi) is 7.36. The molecule has 1 fully saturated rings. The molecule has 2 heterocycles. The van der Waals surface area contributed by atoms with E-state index in [2.05, 4.69) is 29.4 Å². The highest BCUT2D eigenvalue weighted by Crippen LogP contribution is 2.62. The topological polar surface area (TPSA) is 114 Å². The van der Waals surface area contributed by atoms with Crippen LogP contribution >= 0.6 is 13.5 Å². The van der Waals surface area contributed by atoms with E-state index >= 15 is 0 Å². The van der Waals surface area contributed by atoms with Gasteiger partial charge in [-0.05, 0) is 50.1 Å². The molecular weight excluding hydrogens is 496 g/mol. The van der Waals surface area contributed by atoms with Crippen molar-refractivity contribution in [3.05, 3.63) is 47.6 Å². The van der Waals surface area contributed by atoms with Crippen LogP contribution in [0.3, 0.4) is 0 Å². The second-order valence-corrected chi connectivity index (χ2v) is 10.4. The van der Waals surface area contributed by atoms with Crippen molar-refractivity contribution in [2.45, 2.75) is 56.4 Å². The molecule has 2 N–H and O–H groups in total. The number of likely N-dealkylation sites (N-methyl/N-ethyl adjacent to an activating group) is 1. The fraction of sp³-hybridized carbons (Fsp3) is 0.519. The number of methoxy groups -OCH3 is 1. The van der Waals surface area contributed by atoms with Crippen LogP contribution in [0.1, 0.15) is 31.4 Å². The first-order chi connectivity index (χ1) is 17.2. The Morgan fingerprint density at radius 1 is 1.24 bits per heavy atom. The number of esters is 1. The minimum Gasteiger partial charge on any atom is -0.493 e. The number of carbonyl (C=O) groups excluding carboxylic acids is 2. The molecule has 6 atom stereocenters. The number of amides is 1. The number of rotatable bonds is 7. The zero-order valence-electron chi connectivity index (χ0n) is 21.4. The SMILES string of the molecule is COc1ccc2c3c1O[C@H]1[C@@H](OC(=O)/C=C/C(=O)NC(C(=O)O)C(C)C)C=CC4[C@@H](C2)N(C)CC[C@@]341.S. The highest BCUT2D eigenvalue weighted by Gasteiger charge is 2.65. The standard InChI is InChI=1S/C27H32N2O7.H2S/c1-14(2)23(26(32)33)28-20(30)9-10-21(31)35-19-8-6-16-17-13-15-5-7-18(34-4)24-22(15)27(16,25(19)36-24)11-12-29(17)3;/h5-10,14,16-17,19,23,25H,11-13H2,1-4H3,(H,28,30)(H,32,33);1H2/b10-9+;/t16?,17-,19+,23?,25+,27+;/m1./s1. The smallest absolute Gasteiger partial charge is 0.331 e. The molecule has 5 rings (SSSR count). The van der Waals surface area contributed by atoms with E-state index in [0.717, 1.165) is 37.3 Å². The number of likely N-dealkylation sites (tertiary alicyclic amines) is 1. The van der Waals surface area contributed by atoms with Gasteiger partial charge in [0.15, 0.2) is 17.6 Å². The van der Waals surface area contributed by atoms with Crippen LogP contribution in [-0.4, -0.2) is 72.8 Å². The van der Waals surface area contributed by atoms with E-state index in [0.29, 0.717) is 11.8 Å². The lowest BCUT2D eigenvalue weighted by molar-refractivity contribution is -0.149. The van der Waals surface area contributed by atoms with E-state index in [9.17, 15) is 19.5 Å². The average Bonchev–Trinajstić information content (AvgIpc) is 3.19. The maximum Gasteiger partial charge on any atom is 0.331 e. The zero-order chi connectivity index (χ0) is 25.8. The second-order valence-electron chi connectivity index (χ2n) is 10.4. The number of nitrogens with zero attached hydrogens (tertiary/aromatic N) is 1. The molecule has 2 bridgehead atoms. The van der Waals surface area contributed by atoms with E-state index in [1.165, 1.54) is 11.1 Å². The number of hydrogen-bond acceptors (Lipinski definition) is 7. The summed E-state index contributed by atoms with van der Waals surface area (Å²) in [5, 5.41) is 11.7. The van der Waals surface area contributed by atoms with Crippen LogP contribution in [0.5, 0.6) is 11.5 Å². The van der Waals surface area contributed by atoms with Crippen LogP contribution < -0.4 is 14.8 Å². The zero-order valence-corrected chi connectivity index (χ0v) is 22.4. The van der Waals surface area contributed by atoms with Gasteiger partial charge in [0, 0.05) is 35.1 Å². The third kappa shape index (κ3) is 4.29. The van der Waals surface area contributed by atoms with E-state index in [-0.39, 0.29) is 30.7 Å². The molecule has 2 aliphatic heterocycles. The van der Waals surface area contributed by atoms with Crippen molar-refractivity contribution in [2.75, 3.05) is 20.7 Å². The van der Waals surface area contributed by atoms with Crippen molar-refractivity contribution in [3.8, 4) is 11.5 Å². The summed E-state index contributed by atoms with van der Waals surface area (Å²) >= 11 is 0. The van der Waals surface area contributed by atoms with Gasteiger partial charge in [-0.3, -0.25) is 4.79 Å². The summed E-state index contributed by atoms with van der Waals surface area (Å²) in [6, 6.07) is 3.34. The molecule has 0 saturated carbocycles. The van der Waals surface area contributed by atoms with E-state index in [4.69, 9.17) is 14.2 Å². The molecule has 0 aromatic heterocycles. The Morgan fingerprint density at radius 2 is 2.00 bits per heavy atom. The molecule has 1 aromatic rings. The number of nitrogens with one attached hydrogen (secondary N) is 1. The second kappa shape index (κ2) is 10.1. The Labute approximate surface area is 223 Å². The van der Waals surface area contributed by atoms with Gasteiger partial charge in [0.05, 0.1) is 7.11 Å². The normalized spacial score (nSPS) is 29.6. The van der Waals surface area contributed by atoms with Crippen LogP contribution in [0.15, 0.2) is 36.4 Å². The van der Waals surface area contributed by atoms with Gasteiger partial charge in [-0.25, -0.2) is 9.59 Å². The molecule has 10 heteroatoms. The molecule has 0 radical (unpaired) electrons. The first-order valence-corrected chi connectivity index (χ1v) is 12.3. The van der Waals surface area contributed by atoms with Crippen molar-refractivity contribution in [1.29, 1.82) is 0 Å². The number of ether oxygens (including phenoxy) is 3. The molecule has 1 aromatic carbocycles. The van der Waals surface area contributed by atoms with E-state index < -0.39 is 36.1 Å². The molecule has 200 valence electrons. The van der Waals surface area contributed by atoms with E-state index in [1.807, 2.05) is 12.1 Å². The van der Waals surface area contributed by atoms with Gasteiger partial charge in [-0.15, -0.1) is 0 Å². The Morgan fingerprint density at radius 3 is 2.68 bits per heavy atom. The first kappa shape index (κ1) is 27.1. The monoisotopic (exact) mass is 530 g/mol. The quantitative estimate of drug-likeness (QED) is 0.312. The summed E-state index contributed by atoms with van der Waals surface area (Å²) in [7, 11) is 3.78. The molecule has 1 saturated heterocycles. The van der Waals surface area contributed by atoms with Crippen molar-refractivity contribution in [3.63, 3.8) is 0 Å². The predicted molar refractivity (Wildman–Crippen MR) is 140 cm³/mol. The van der Waals surface area contributed by atoms with Crippen LogP contribution in [0.2, 0.25) is 0 Å². The summed E-state index contributed by atoms with van der Waals surface area (Å²) in [6.07, 6.45) is 6.83. The number of carbonyl (C=O) groups is 3. The van der Waals surface area contributed by atoms with Gasteiger partial charge in [0.2, 0.25) is 5.91 Å². The molecule has 37 heavy (non-hydrogen) atoms. The number of carboxylic acid groups (broad SMARTS) is 1. The van der Waals surface area contributed by atoms with Crippen molar-refractivity contribution < 1.29 is 33.7 Å². The van der Waals surface area contributed by atoms with E-state index in [1.54, 1.807) is 21.0 Å². The van der Waals surface area contributed by atoms with Crippen molar-refractivity contribution >= 4 is 31.3 Å². The van der Waals surface area contributed by atoms with Gasteiger partial charge < -0.3 is 29.5 Å². The fourth-order valence-corrected chi connectivity index (χ4v) is 6.50. The number of benzene rings is 1. The molecule has 4 aliphatic rings. The van der Waals surface area contributed by atoms with Gasteiger partial charge in [-0.1, -0.05) is 26.0 Å². The Balaban J connectivity index is 0.00000320. The highest BCUT2D eigenvalue weighted by molar-refractivity contribution is 7.59. The van der Waals surface area contributed by atoms with Crippen molar-refractivity contribution in [1.82, 2.24) is 10.2 Å². The number of hydrogen-bond donors (Lipinski definition) is 2. The lowest BCUT2D eigenvalue weighted by atomic mass is 9.53. The van der Waals surface area contributed by atoms with Crippen LogP contribution in [0.4, 0.5) is 0 Å². The van der Waals surface area contributed by atoms with Gasteiger partial charge in [0.25, 0.3) is 0 Å². The minimum atomic E-state index is -1.13. The Bertz CT molecular complexity index is 1170. The van der Waals surface area contributed by atoms with Crippen LogP contribution in [0.25, 0.3) is 0 Å². The fourth-order valence-electron chi connectivity index (χ4n) is 6.50. The molecule has 2 aliphatic carbocycles. The minimum absolute atomic E-state index is 0. The molecular formula is C27H34N2O7S. The highest BCUT2D eigenvalue weighted by atomic mass is 32.1. The number of aliphatic carboxylic acids is 1. The van der Waals surface area contributed by atoms with Crippen LogP contribution in [-0.2, 0) is 31.0 Å². The molecule has 1 spiro atoms. The maximum atomic E-state index is 12.7. The molecule has 2 unspecified atom stereocenters. The average molecular weight is 531 g/mol. The molecule has 9 nitrogen and oxygen atoms in total. The maximum absolute atomic E-state index is 12.7. The number of piperidine rings is 1. The summed E-state index contributed by atoms with van der Waals surface area (Å²) in [5.41, 5.74) is 2.10. The summed E-state index contributed by atoms with van der Waals surface area (Å²) < 4.78 is 18.0. The van der Waals surface area contributed by atoms with Crippen molar-refractivity contribution in [2.24, 2.45) is 11.8 Å². The van der Waals surface area contributed by atoms with Gasteiger partial charge >= 0.3 is 11.9 Å². The van der Waals surface area contributed by atoms with Gasteiger partial charge in [0.1, 0.15) is 12.1 Å². The lowest BCUT2D eigenvalue weighted by Gasteiger charge is -2.56. The third-order valence-corrected chi connectivity index (χ3v) is 8.19. The lowest BCUT2D eigenvalue weighted by Crippen LogP contribution is -2.65. The first-order valence-electron chi connectivity index (χ1n) is 12.3. The summed E-state index contributed by atoms with van der Waals surface area (Å²) in [6.45, 7) is 4.29. The predicted octanol–water partition coefficient (Wildman–Crippen LogP) is 1.95. The van der Waals surface area contributed by atoms with Gasteiger partial charge in [-0.2, -0.15) is 13.5 Å².